The molecule has 6 heteroatoms. The second-order valence-electron chi connectivity index (χ2n) is 7.16. The molecule has 0 atom stereocenters. The molecule has 3 heterocycles. The molecule has 1 aliphatic rings. The number of rotatable bonds is 3. The molecule has 4 aromatic rings. The van der Waals surface area contributed by atoms with E-state index in [9.17, 15) is 4.79 Å². The van der Waals surface area contributed by atoms with E-state index in [1.54, 1.807) is 7.11 Å². The van der Waals surface area contributed by atoms with E-state index >= 15 is 0 Å². The number of benzene rings is 2. The van der Waals surface area contributed by atoms with Crippen molar-refractivity contribution >= 4 is 44.1 Å². The SMILES string of the molecule is COc1ccc(N2CCN(C(=O)c3cc4cc5ccccc5nc4s3)CC2)cc1. The van der Waals surface area contributed by atoms with E-state index in [-0.39, 0.29) is 5.91 Å². The van der Waals surface area contributed by atoms with Gasteiger partial charge in [-0.25, -0.2) is 4.98 Å². The Kier molecular flexibility index (Phi) is 4.56. The minimum absolute atomic E-state index is 0.103. The number of amides is 1. The van der Waals surface area contributed by atoms with Crippen LogP contribution in [0, 0.1) is 0 Å². The normalized spacial score (nSPS) is 14.5. The van der Waals surface area contributed by atoms with Gasteiger partial charge in [-0.05, 0) is 42.5 Å². The van der Waals surface area contributed by atoms with Crippen molar-refractivity contribution in [3.05, 3.63) is 65.5 Å². The lowest BCUT2D eigenvalue weighted by Gasteiger charge is -2.36. The summed E-state index contributed by atoms with van der Waals surface area (Å²) in [6.07, 6.45) is 0. The van der Waals surface area contributed by atoms with Gasteiger partial charge in [0.15, 0.2) is 0 Å². The molecule has 1 saturated heterocycles. The summed E-state index contributed by atoms with van der Waals surface area (Å²) in [7, 11) is 1.67. The second kappa shape index (κ2) is 7.37. The molecule has 1 amide bonds. The van der Waals surface area contributed by atoms with Crippen molar-refractivity contribution in [1.29, 1.82) is 0 Å². The minimum Gasteiger partial charge on any atom is -0.497 e. The van der Waals surface area contributed by atoms with Crippen LogP contribution in [-0.2, 0) is 0 Å². The van der Waals surface area contributed by atoms with Crippen LogP contribution in [0.3, 0.4) is 0 Å². The van der Waals surface area contributed by atoms with Crippen LogP contribution < -0.4 is 9.64 Å². The molecule has 0 spiro atoms. The number of pyridine rings is 1. The third kappa shape index (κ3) is 3.40. The maximum absolute atomic E-state index is 13.1. The highest BCUT2D eigenvalue weighted by molar-refractivity contribution is 7.20. The van der Waals surface area contributed by atoms with Crippen molar-refractivity contribution in [3.8, 4) is 5.75 Å². The van der Waals surface area contributed by atoms with E-state index in [0.717, 1.165) is 50.5 Å². The molecule has 146 valence electrons. The number of fused-ring (bicyclic) bond motifs is 2. The summed E-state index contributed by atoms with van der Waals surface area (Å²) >= 11 is 1.49. The van der Waals surface area contributed by atoms with Crippen LogP contribution >= 0.6 is 11.3 Å². The summed E-state index contributed by atoms with van der Waals surface area (Å²) in [5.74, 6) is 0.958. The number of thiophene rings is 1. The van der Waals surface area contributed by atoms with Crippen LogP contribution in [0.15, 0.2) is 60.7 Å². The molecule has 0 radical (unpaired) electrons. The fourth-order valence-corrected chi connectivity index (χ4v) is 4.79. The van der Waals surface area contributed by atoms with E-state index < -0.39 is 0 Å². The first kappa shape index (κ1) is 17.9. The summed E-state index contributed by atoms with van der Waals surface area (Å²) in [5.41, 5.74) is 2.13. The zero-order valence-corrected chi connectivity index (χ0v) is 17.0. The van der Waals surface area contributed by atoms with Crippen LogP contribution in [0.5, 0.6) is 5.75 Å². The zero-order valence-electron chi connectivity index (χ0n) is 16.2. The monoisotopic (exact) mass is 403 g/mol. The lowest BCUT2D eigenvalue weighted by atomic mass is 10.2. The molecule has 0 aliphatic carbocycles. The van der Waals surface area contributed by atoms with Crippen LogP contribution in [0.1, 0.15) is 9.67 Å². The quantitative estimate of drug-likeness (QED) is 0.508. The Balaban J connectivity index is 1.31. The predicted molar refractivity (Wildman–Crippen MR) is 118 cm³/mol. The zero-order chi connectivity index (χ0) is 19.8. The Bertz CT molecular complexity index is 1130. The van der Waals surface area contributed by atoms with Crippen LogP contribution in [0.25, 0.3) is 21.1 Å². The molecule has 0 N–H and O–H groups in total. The van der Waals surface area contributed by atoms with Gasteiger partial charge < -0.3 is 14.5 Å². The molecule has 1 fully saturated rings. The topological polar surface area (TPSA) is 45.7 Å². The number of nitrogens with zero attached hydrogens (tertiary/aromatic N) is 3. The summed E-state index contributed by atoms with van der Waals surface area (Å²) < 4.78 is 5.23. The predicted octanol–water partition coefficient (Wildman–Crippen LogP) is 4.42. The number of aromatic nitrogens is 1. The van der Waals surface area contributed by atoms with Crippen LogP contribution in [0.4, 0.5) is 5.69 Å². The van der Waals surface area contributed by atoms with Gasteiger partial charge in [0.2, 0.25) is 0 Å². The Labute approximate surface area is 173 Å². The van der Waals surface area contributed by atoms with Crippen molar-refractivity contribution in [1.82, 2.24) is 9.88 Å². The van der Waals surface area contributed by atoms with Gasteiger partial charge in [-0.3, -0.25) is 4.79 Å². The van der Waals surface area contributed by atoms with E-state index in [1.165, 1.54) is 11.3 Å². The van der Waals surface area contributed by atoms with Crippen molar-refractivity contribution in [2.45, 2.75) is 0 Å². The number of hydrogen-bond acceptors (Lipinski definition) is 5. The molecule has 5 nitrogen and oxygen atoms in total. The Morgan fingerprint density at radius 3 is 2.48 bits per heavy atom. The van der Waals surface area contributed by atoms with Gasteiger partial charge in [-0.1, -0.05) is 18.2 Å². The maximum Gasteiger partial charge on any atom is 0.264 e. The number of para-hydroxylation sites is 1. The van der Waals surface area contributed by atoms with Gasteiger partial charge >= 0.3 is 0 Å². The van der Waals surface area contributed by atoms with E-state index in [4.69, 9.17) is 9.72 Å². The van der Waals surface area contributed by atoms with Gasteiger partial charge in [0.1, 0.15) is 10.6 Å². The van der Waals surface area contributed by atoms with Crippen molar-refractivity contribution in [2.24, 2.45) is 0 Å². The smallest absolute Gasteiger partial charge is 0.264 e. The first-order valence-corrected chi connectivity index (χ1v) is 10.5. The molecule has 2 aromatic heterocycles. The van der Waals surface area contributed by atoms with Crippen LogP contribution in [0.2, 0.25) is 0 Å². The molecule has 0 saturated carbocycles. The standard InChI is InChI=1S/C23H21N3O2S/c1-28-19-8-6-18(7-9-19)25-10-12-26(13-11-25)23(27)21-15-17-14-16-4-2-3-5-20(16)24-22(17)29-21/h2-9,14-15H,10-13H2,1H3. The molecule has 29 heavy (non-hydrogen) atoms. The number of methoxy groups -OCH3 is 1. The number of carbonyl (C=O) groups excluding carboxylic acids is 1. The Hall–Kier alpha value is -3.12. The van der Waals surface area contributed by atoms with Gasteiger partial charge in [0.05, 0.1) is 17.5 Å². The highest BCUT2D eigenvalue weighted by Crippen LogP contribution is 2.29. The average molecular weight is 404 g/mol. The Morgan fingerprint density at radius 1 is 0.966 bits per heavy atom. The fourth-order valence-electron chi connectivity index (χ4n) is 3.80. The summed E-state index contributed by atoms with van der Waals surface area (Å²) in [6, 6.07) is 20.2. The van der Waals surface area contributed by atoms with Crippen LogP contribution in [-0.4, -0.2) is 49.1 Å². The summed E-state index contributed by atoms with van der Waals surface area (Å²) in [4.78, 5) is 23.7. The fraction of sp³-hybridized carbons (Fsp3) is 0.217. The average Bonchev–Trinajstić information content (AvgIpc) is 3.20. The van der Waals surface area contributed by atoms with Gasteiger partial charge in [-0.15, -0.1) is 11.3 Å². The molecule has 1 aliphatic heterocycles. The highest BCUT2D eigenvalue weighted by Gasteiger charge is 2.24. The molecule has 5 rings (SSSR count). The Morgan fingerprint density at radius 2 is 1.72 bits per heavy atom. The van der Waals surface area contributed by atoms with Gasteiger partial charge in [0, 0.05) is 42.6 Å². The lowest BCUT2D eigenvalue weighted by molar-refractivity contribution is 0.0751. The minimum atomic E-state index is 0.103. The third-order valence-electron chi connectivity index (χ3n) is 5.43. The van der Waals surface area contributed by atoms with Gasteiger partial charge in [-0.2, -0.15) is 0 Å². The highest BCUT2D eigenvalue weighted by atomic mass is 32.1. The van der Waals surface area contributed by atoms with Crippen molar-refractivity contribution in [2.75, 3.05) is 38.2 Å². The number of piperazine rings is 1. The van der Waals surface area contributed by atoms with E-state index in [2.05, 4.69) is 29.2 Å². The van der Waals surface area contributed by atoms with Crippen molar-refractivity contribution < 1.29 is 9.53 Å². The van der Waals surface area contributed by atoms with Crippen molar-refractivity contribution in [3.63, 3.8) is 0 Å². The first-order chi connectivity index (χ1) is 14.2. The molecular formula is C23H21N3O2S. The first-order valence-electron chi connectivity index (χ1n) is 9.69. The van der Waals surface area contributed by atoms with Gasteiger partial charge in [0.25, 0.3) is 5.91 Å². The van der Waals surface area contributed by atoms with E-state index in [1.807, 2.05) is 41.3 Å². The number of anilines is 1. The van der Waals surface area contributed by atoms with E-state index in [0.29, 0.717) is 13.1 Å². The maximum atomic E-state index is 13.1. The summed E-state index contributed by atoms with van der Waals surface area (Å²) in [5, 5.41) is 2.14. The molecule has 2 aromatic carbocycles. The largest absolute Gasteiger partial charge is 0.497 e. The third-order valence-corrected chi connectivity index (χ3v) is 6.46. The molecular weight excluding hydrogens is 382 g/mol. The number of ether oxygens (including phenoxy) is 1. The second-order valence-corrected chi connectivity index (χ2v) is 8.19. The molecule has 0 bridgehead atoms. The number of hydrogen-bond donors (Lipinski definition) is 0. The summed E-state index contributed by atoms with van der Waals surface area (Å²) in [6.45, 7) is 3.08. The lowest BCUT2D eigenvalue weighted by Crippen LogP contribution is -2.48. The molecule has 0 unspecified atom stereocenters. The number of carbonyl (C=O) groups is 1.